The fourth-order valence-electron chi connectivity index (χ4n) is 5.65. The predicted octanol–water partition coefficient (Wildman–Crippen LogP) is 10.0. The number of aromatic nitrogens is 4. The Morgan fingerprint density at radius 3 is 1.48 bits per heavy atom. The van der Waals surface area contributed by atoms with E-state index < -0.39 is 0 Å². The van der Waals surface area contributed by atoms with E-state index in [2.05, 4.69) is 107 Å². The Balaban J connectivity index is 1.47. The van der Waals surface area contributed by atoms with Crippen LogP contribution in [0.25, 0.3) is 78.0 Å². The molecule has 0 amide bonds. The molecule has 0 fully saturated rings. The van der Waals surface area contributed by atoms with Gasteiger partial charge in [0.15, 0.2) is 0 Å². The quantitative estimate of drug-likeness (QED) is 0.192. The molecule has 198 valence electrons. The van der Waals surface area contributed by atoms with Crippen molar-refractivity contribution in [2.75, 3.05) is 0 Å². The minimum Gasteiger partial charge on any atom is -0.246 e. The average molecular weight is 575 g/mol. The molecule has 0 N–H and O–H groups in total. The minimum atomic E-state index is 0.868. The third-order valence-corrected chi connectivity index (χ3v) is 8.70. The van der Waals surface area contributed by atoms with Crippen LogP contribution in [0.4, 0.5) is 0 Å². The van der Waals surface area contributed by atoms with Crippen LogP contribution in [0.5, 0.6) is 0 Å². The van der Waals surface area contributed by atoms with Crippen molar-refractivity contribution in [3.8, 4) is 56.4 Å². The van der Waals surface area contributed by atoms with Gasteiger partial charge in [-0.2, -0.15) is 0 Å². The summed E-state index contributed by atoms with van der Waals surface area (Å²) >= 11 is 3.16. The molecule has 0 aliphatic heterocycles. The third kappa shape index (κ3) is 4.29. The SMILES string of the molecule is c1ccc(-c2ccc3c(-c4cccc(-c5cscn5)n4)c4ccccc4c(-c4cccc(-c5cscn5)n4)c3c2)cc1. The highest BCUT2D eigenvalue weighted by Crippen LogP contribution is 2.44. The van der Waals surface area contributed by atoms with Crippen molar-refractivity contribution in [3.63, 3.8) is 0 Å². The van der Waals surface area contributed by atoms with Gasteiger partial charge in [-0.1, -0.05) is 78.9 Å². The van der Waals surface area contributed by atoms with Crippen LogP contribution in [-0.4, -0.2) is 19.9 Å². The number of benzene rings is 4. The van der Waals surface area contributed by atoms with Crippen LogP contribution in [-0.2, 0) is 0 Å². The van der Waals surface area contributed by atoms with Crippen molar-refractivity contribution < 1.29 is 0 Å². The third-order valence-electron chi connectivity index (χ3n) is 7.53. The largest absolute Gasteiger partial charge is 0.246 e. The van der Waals surface area contributed by atoms with E-state index in [1.165, 1.54) is 5.56 Å². The van der Waals surface area contributed by atoms with Crippen molar-refractivity contribution in [1.29, 1.82) is 0 Å². The van der Waals surface area contributed by atoms with Crippen LogP contribution < -0.4 is 0 Å². The summed E-state index contributed by atoms with van der Waals surface area (Å²) in [5, 5.41) is 8.62. The van der Waals surface area contributed by atoms with Gasteiger partial charge in [-0.15, -0.1) is 22.7 Å². The van der Waals surface area contributed by atoms with Crippen LogP contribution in [0.3, 0.4) is 0 Å². The molecule has 0 atom stereocenters. The van der Waals surface area contributed by atoms with Crippen LogP contribution in [0.1, 0.15) is 0 Å². The molecule has 0 bridgehead atoms. The van der Waals surface area contributed by atoms with Crippen molar-refractivity contribution in [2.45, 2.75) is 0 Å². The standard InChI is InChI=1S/C36H22N4S2/c1-2-8-23(9-3-1)24-16-17-27-28(18-24)36(32-15-7-13-30(40-32)34-20-42-22-38-34)26-11-5-4-10-25(26)35(27)31-14-6-12-29(39-31)33-19-41-21-37-33/h1-22H. The van der Waals surface area contributed by atoms with Gasteiger partial charge in [-0.3, -0.25) is 0 Å². The van der Waals surface area contributed by atoms with Crippen molar-refractivity contribution >= 4 is 44.2 Å². The number of thiazole rings is 2. The summed E-state index contributed by atoms with van der Waals surface area (Å²) in [4.78, 5) is 19.3. The van der Waals surface area contributed by atoms with Crippen molar-refractivity contribution in [3.05, 3.63) is 131 Å². The zero-order chi connectivity index (χ0) is 27.9. The number of rotatable bonds is 5. The van der Waals surface area contributed by atoms with E-state index >= 15 is 0 Å². The Morgan fingerprint density at radius 2 is 0.905 bits per heavy atom. The van der Waals surface area contributed by atoms with Crippen LogP contribution in [0, 0.1) is 0 Å². The normalized spacial score (nSPS) is 11.3. The molecule has 4 aromatic heterocycles. The fourth-order valence-corrected chi connectivity index (χ4v) is 6.74. The summed E-state index contributed by atoms with van der Waals surface area (Å²) in [7, 11) is 0. The lowest BCUT2D eigenvalue weighted by molar-refractivity contribution is 1.28. The first kappa shape index (κ1) is 24.7. The Kier molecular flexibility index (Phi) is 6.13. The molecule has 42 heavy (non-hydrogen) atoms. The molecule has 6 heteroatoms. The van der Waals surface area contributed by atoms with E-state index in [4.69, 9.17) is 9.97 Å². The van der Waals surface area contributed by atoms with Gasteiger partial charge in [0.2, 0.25) is 0 Å². The van der Waals surface area contributed by atoms with Gasteiger partial charge in [-0.05, 0) is 63.0 Å². The van der Waals surface area contributed by atoms with E-state index in [0.717, 1.165) is 72.4 Å². The first-order valence-corrected chi connectivity index (χ1v) is 15.5. The molecule has 0 aliphatic rings. The van der Waals surface area contributed by atoms with E-state index in [-0.39, 0.29) is 0 Å². The maximum atomic E-state index is 5.16. The number of hydrogen-bond acceptors (Lipinski definition) is 6. The monoisotopic (exact) mass is 574 g/mol. The van der Waals surface area contributed by atoms with Gasteiger partial charge in [0.1, 0.15) is 0 Å². The molecule has 4 heterocycles. The van der Waals surface area contributed by atoms with Gasteiger partial charge in [0.25, 0.3) is 0 Å². The number of nitrogens with zero attached hydrogens (tertiary/aromatic N) is 4. The van der Waals surface area contributed by atoms with Gasteiger partial charge < -0.3 is 0 Å². The van der Waals surface area contributed by atoms with E-state index in [0.29, 0.717) is 0 Å². The highest BCUT2D eigenvalue weighted by atomic mass is 32.1. The number of pyridine rings is 2. The Bertz CT molecular complexity index is 2190. The van der Waals surface area contributed by atoms with Crippen molar-refractivity contribution in [2.24, 2.45) is 0 Å². The number of hydrogen-bond donors (Lipinski definition) is 0. The summed E-state index contributed by atoms with van der Waals surface area (Å²) in [6, 6.07) is 38.3. The summed E-state index contributed by atoms with van der Waals surface area (Å²) in [6.45, 7) is 0. The molecule has 0 radical (unpaired) electrons. The zero-order valence-electron chi connectivity index (χ0n) is 22.3. The highest BCUT2D eigenvalue weighted by molar-refractivity contribution is 7.08. The molecule has 4 aromatic carbocycles. The lowest BCUT2D eigenvalue weighted by atomic mass is 9.87. The van der Waals surface area contributed by atoms with E-state index in [1.54, 1.807) is 22.7 Å². The second-order valence-electron chi connectivity index (χ2n) is 9.99. The molecule has 0 unspecified atom stereocenters. The predicted molar refractivity (Wildman–Crippen MR) is 176 cm³/mol. The lowest BCUT2D eigenvalue weighted by Gasteiger charge is -2.18. The maximum Gasteiger partial charge on any atom is 0.0995 e. The molecule has 0 aliphatic carbocycles. The Hall–Kier alpha value is -5.04. The first-order valence-electron chi connectivity index (χ1n) is 13.6. The lowest BCUT2D eigenvalue weighted by Crippen LogP contribution is -1.96. The molecule has 0 saturated carbocycles. The summed E-state index contributed by atoms with van der Waals surface area (Å²) in [6.07, 6.45) is 0. The Morgan fingerprint density at radius 1 is 0.381 bits per heavy atom. The molecule has 0 saturated heterocycles. The second kappa shape index (κ2) is 10.4. The number of fused-ring (bicyclic) bond motifs is 2. The minimum absolute atomic E-state index is 0.868. The molecular weight excluding hydrogens is 553 g/mol. The first-order chi connectivity index (χ1) is 20.8. The molecule has 8 aromatic rings. The van der Waals surface area contributed by atoms with Crippen LogP contribution in [0.15, 0.2) is 131 Å². The molecular formula is C36H22N4S2. The van der Waals surface area contributed by atoms with Gasteiger partial charge >= 0.3 is 0 Å². The Labute approximate surface area is 250 Å². The van der Waals surface area contributed by atoms with Crippen LogP contribution >= 0.6 is 22.7 Å². The van der Waals surface area contributed by atoms with E-state index in [9.17, 15) is 0 Å². The summed E-state index contributed by atoms with van der Waals surface area (Å²) < 4.78 is 0. The van der Waals surface area contributed by atoms with E-state index in [1.807, 2.05) is 33.9 Å². The highest BCUT2D eigenvalue weighted by Gasteiger charge is 2.20. The topological polar surface area (TPSA) is 51.6 Å². The average Bonchev–Trinajstić information content (AvgIpc) is 3.80. The zero-order valence-corrected chi connectivity index (χ0v) is 23.9. The molecule has 4 nitrogen and oxygen atoms in total. The summed E-state index contributed by atoms with van der Waals surface area (Å²) in [5.41, 5.74) is 13.6. The van der Waals surface area contributed by atoms with Crippen LogP contribution in [0.2, 0.25) is 0 Å². The molecule has 0 spiro atoms. The molecule has 8 rings (SSSR count). The fraction of sp³-hybridized carbons (Fsp3) is 0. The van der Waals surface area contributed by atoms with Crippen molar-refractivity contribution in [1.82, 2.24) is 19.9 Å². The van der Waals surface area contributed by atoms with Gasteiger partial charge in [0.05, 0.1) is 45.2 Å². The van der Waals surface area contributed by atoms with Gasteiger partial charge in [-0.25, -0.2) is 19.9 Å². The van der Waals surface area contributed by atoms with Gasteiger partial charge in [0, 0.05) is 21.9 Å². The smallest absolute Gasteiger partial charge is 0.0995 e. The maximum absolute atomic E-state index is 5.16. The summed E-state index contributed by atoms with van der Waals surface area (Å²) in [5.74, 6) is 0. The second-order valence-corrected chi connectivity index (χ2v) is 11.4.